The number of alkyl halides is 3. The Morgan fingerprint density at radius 3 is 2.87 bits per heavy atom. The van der Waals surface area contributed by atoms with Crippen LogP contribution in [0.1, 0.15) is 11.3 Å². The van der Waals surface area contributed by atoms with Gasteiger partial charge in [-0.15, -0.1) is 0 Å². The summed E-state index contributed by atoms with van der Waals surface area (Å²) in [6, 6.07) is 0. The maximum atomic E-state index is 12.1. The Hall–Kier alpha value is -1.37. The summed E-state index contributed by atoms with van der Waals surface area (Å²) >= 11 is 0. The lowest BCUT2D eigenvalue weighted by molar-refractivity contribution is -0.141. The third-order valence-electron chi connectivity index (χ3n) is 2.16. The van der Waals surface area contributed by atoms with Gasteiger partial charge >= 0.3 is 6.18 Å². The summed E-state index contributed by atoms with van der Waals surface area (Å²) in [4.78, 5) is 15.3. The Balaban J connectivity index is 2.39. The monoisotopic (exact) mass is 219 g/mol. The summed E-state index contributed by atoms with van der Waals surface area (Å²) in [6.07, 6.45) is -3.45. The molecule has 0 bridgehead atoms. The summed E-state index contributed by atoms with van der Waals surface area (Å²) < 4.78 is 36.8. The van der Waals surface area contributed by atoms with E-state index in [0.717, 1.165) is 6.33 Å². The van der Waals surface area contributed by atoms with Crippen LogP contribution in [-0.4, -0.2) is 15.7 Å². The SMILES string of the molecule is O=c1c2c(ncn1CC(F)(F)F)CNC2. The van der Waals surface area contributed by atoms with Crippen molar-refractivity contribution >= 4 is 0 Å². The molecule has 15 heavy (non-hydrogen) atoms. The molecule has 0 aromatic carbocycles. The number of nitrogens with zero attached hydrogens (tertiary/aromatic N) is 2. The molecule has 2 heterocycles. The number of rotatable bonds is 1. The molecule has 1 aromatic rings. The Morgan fingerprint density at radius 1 is 1.47 bits per heavy atom. The first-order chi connectivity index (χ1) is 6.97. The number of nitrogens with one attached hydrogen (secondary N) is 1. The van der Waals surface area contributed by atoms with Crippen molar-refractivity contribution < 1.29 is 13.2 Å². The van der Waals surface area contributed by atoms with E-state index in [1.165, 1.54) is 0 Å². The van der Waals surface area contributed by atoms with Gasteiger partial charge in [0, 0.05) is 13.1 Å². The fourth-order valence-corrected chi connectivity index (χ4v) is 1.51. The molecule has 0 amide bonds. The lowest BCUT2D eigenvalue weighted by atomic mass is 10.3. The summed E-state index contributed by atoms with van der Waals surface area (Å²) in [5, 5.41) is 2.86. The van der Waals surface area contributed by atoms with Gasteiger partial charge in [-0.2, -0.15) is 13.2 Å². The van der Waals surface area contributed by atoms with Gasteiger partial charge in [-0.05, 0) is 0 Å². The van der Waals surface area contributed by atoms with Crippen LogP contribution in [0, 0.1) is 0 Å². The molecule has 0 spiro atoms. The predicted octanol–water partition coefficient (Wildman–Crippen LogP) is 0.409. The zero-order chi connectivity index (χ0) is 11.1. The molecule has 0 fully saturated rings. The molecule has 0 saturated heterocycles. The Bertz CT molecular complexity index is 438. The minimum absolute atomic E-state index is 0.292. The van der Waals surface area contributed by atoms with Crippen LogP contribution in [0.3, 0.4) is 0 Å². The average Bonchev–Trinajstić information content (AvgIpc) is 2.56. The molecule has 1 N–H and O–H groups in total. The van der Waals surface area contributed by atoms with Gasteiger partial charge in [0.2, 0.25) is 0 Å². The van der Waals surface area contributed by atoms with E-state index in [4.69, 9.17) is 0 Å². The zero-order valence-corrected chi connectivity index (χ0v) is 7.64. The number of hydrogen-bond acceptors (Lipinski definition) is 3. The van der Waals surface area contributed by atoms with E-state index < -0.39 is 18.3 Å². The highest BCUT2D eigenvalue weighted by atomic mass is 19.4. The fourth-order valence-electron chi connectivity index (χ4n) is 1.51. The highest BCUT2D eigenvalue weighted by molar-refractivity contribution is 5.20. The van der Waals surface area contributed by atoms with Crippen LogP contribution in [0.5, 0.6) is 0 Å². The van der Waals surface area contributed by atoms with Gasteiger partial charge in [0.25, 0.3) is 5.56 Å². The van der Waals surface area contributed by atoms with Gasteiger partial charge in [0.15, 0.2) is 0 Å². The summed E-state index contributed by atoms with van der Waals surface area (Å²) in [5.41, 5.74) is 0.266. The van der Waals surface area contributed by atoms with Crippen molar-refractivity contribution in [2.24, 2.45) is 0 Å². The summed E-state index contributed by atoms with van der Waals surface area (Å²) in [5.74, 6) is 0. The molecular weight excluding hydrogens is 211 g/mol. The minimum atomic E-state index is -4.40. The van der Waals surface area contributed by atoms with Gasteiger partial charge in [0.05, 0.1) is 17.6 Å². The molecule has 7 heteroatoms. The molecular formula is C8H8F3N3O. The molecule has 0 aliphatic carbocycles. The first-order valence-corrected chi connectivity index (χ1v) is 4.32. The van der Waals surface area contributed by atoms with E-state index >= 15 is 0 Å². The smallest absolute Gasteiger partial charge is 0.307 e. The Kier molecular flexibility index (Phi) is 2.26. The van der Waals surface area contributed by atoms with Gasteiger partial charge in [-0.1, -0.05) is 0 Å². The van der Waals surface area contributed by atoms with Crippen molar-refractivity contribution in [3.05, 3.63) is 27.9 Å². The maximum Gasteiger partial charge on any atom is 0.406 e. The largest absolute Gasteiger partial charge is 0.406 e. The minimum Gasteiger partial charge on any atom is -0.307 e. The molecule has 82 valence electrons. The highest BCUT2D eigenvalue weighted by Crippen LogP contribution is 2.16. The molecule has 1 aliphatic heterocycles. The van der Waals surface area contributed by atoms with Crippen LogP contribution in [0.4, 0.5) is 13.2 Å². The van der Waals surface area contributed by atoms with Crippen LogP contribution in [-0.2, 0) is 19.6 Å². The normalized spacial score (nSPS) is 15.4. The van der Waals surface area contributed by atoms with Crippen LogP contribution < -0.4 is 10.9 Å². The van der Waals surface area contributed by atoms with E-state index in [-0.39, 0.29) is 0 Å². The second-order valence-corrected chi connectivity index (χ2v) is 3.32. The topological polar surface area (TPSA) is 46.9 Å². The van der Waals surface area contributed by atoms with Crippen LogP contribution in [0.15, 0.2) is 11.1 Å². The summed E-state index contributed by atoms with van der Waals surface area (Å²) in [6.45, 7) is -0.552. The predicted molar refractivity (Wildman–Crippen MR) is 45.1 cm³/mol. The quantitative estimate of drug-likeness (QED) is 0.744. The second-order valence-electron chi connectivity index (χ2n) is 3.32. The second kappa shape index (κ2) is 3.34. The van der Waals surface area contributed by atoms with E-state index in [1.54, 1.807) is 0 Å². The van der Waals surface area contributed by atoms with Crippen molar-refractivity contribution in [3.8, 4) is 0 Å². The fraction of sp³-hybridized carbons (Fsp3) is 0.500. The van der Waals surface area contributed by atoms with E-state index in [0.29, 0.717) is 28.9 Å². The average molecular weight is 219 g/mol. The molecule has 1 aliphatic rings. The van der Waals surface area contributed by atoms with Crippen LogP contribution in [0.25, 0.3) is 0 Å². The molecule has 0 atom stereocenters. The molecule has 0 saturated carbocycles. The van der Waals surface area contributed by atoms with Gasteiger partial charge in [-0.3, -0.25) is 9.36 Å². The summed E-state index contributed by atoms with van der Waals surface area (Å²) in [7, 11) is 0. The molecule has 0 unspecified atom stereocenters. The van der Waals surface area contributed by atoms with Crippen molar-refractivity contribution in [2.45, 2.75) is 25.8 Å². The Labute approximate surface area is 82.7 Å². The van der Waals surface area contributed by atoms with Crippen molar-refractivity contribution in [2.75, 3.05) is 0 Å². The van der Waals surface area contributed by atoms with Crippen molar-refractivity contribution in [1.82, 2.24) is 14.9 Å². The van der Waals surface area contributed by atoms with Crippen molar-refractivity contribution in [3.63, 3.8) is 0 Å². The lowest BCUT2D eigenvalue weighted by Crippen LogP contribution is -2.30. The highest BCUT2D eigenvalue weighted by Gasteiger charge is 2.29. The zero-order valence-electron chi connectivity index (χ0n) is 7.64. The molecule has 4 nitrogen and oxygen atoms in total. The Morgan fingerprint density at radius 2 is 2.20 bits per heavy atom. The van der Waals surface area contributed by atoms with Gasteiger partial charge in [0.1, 0.15) is 6.54 Å². The first-order valence-electron chi connectivity index (χ1n) is 4.32. The number of aromatic nitrogens is 2. The van der Waals surface area contributed by atoms with E-state index in [2.05, 4.69) is 10.3 Å². The number of halogens is 3. The number of fused-ring (bicyclic) bond motifs is 1. The standard InChI is InChI=1S/C8H8F3N3O/c9-8(10,11)3-14-4-13-6-2-12-1-5(6)7(14)15/h4,12H,1-3H2. The number of hydrogen-bond donors (Lipinski definition) is 1. The van der Waals surface area contributed by atoms with E-state index in [9.17, 15) is 18.0 Å². The van der Waals surface area contributed by atoms with Crippen LogP contribution in [0.2, 0.25) is 0 Å². The molecule has 2 rings (SSSR count). The van der Waals surface area contributed by atoms with E-state index in [1.807, 2.05) is 0 Å². The third-order valence-corrected chi connectivity index (χ3v) is 2.16. The lowest BCUT2D eigenvalue weighted by Gasteiger charge is -2.09. The molecule has 0 radical (unpaired) electrons. The van der Waals surface area contributed by atoms with Gasteiger partial charge < -0.3 is 5.32 Å². The van der Waals surface area contributed by atoms with Crippen LogP contribution >= 0.6 is 0 Å². The van der Waals surface area contributed by atoms with Crippen molar-refractivity contribution in [1.29, 1.82) is 0 Å². The third kappa shape index (κ3) is 2.01. The molecule has 1 aromatic heterocycles. The first kappa shape index (κ1) is 10.2. The van der Waals surface area contributed by atoms with Gasteiger partial charge in [-0.25, -0.2) is 4.98 Å². The maximum absolute atomic E-state index is 12.1.